The maximum absolute atomic E-state index is 12.6. The van der Waals surface area contributed by atoms with Gasteiger partial charge in [0.25, 0.3) is 5.91 Å². The maximum atomic E-state index is 12.6. The molecule has 2 aromatic heterocycles. The molecule has 27 heavy (non-hydrogen) atoms. The number of amides is 1. The Kier molecular flexibility index (Phi) is 6.23. The number of nitrogens with zero attached hydrogens (tertiary/aromatic N) is 3. The molecule has 0 fully saturated rings. The van der Waals surface area contributed by atoms with Gasteiger partial charge in [-0.15, -0.1) is 0 Å². The molecule has 0 aliphatic rings. The number of halogens is 2. The van der Waals surface area contributed by atoms with Crippen LogP contribution in [0.15, 0.2) is 51.5 Å². The highest BCUT2D eigenvalue weighted by molar-refractivity contribution is 9.10. The fourth-order valence-electron chi connectivity index (χ4n) is 2.47. The van der Waals surface area contributed by atoms with Crippen molar-refractivity contribution >= 4 is 33.4 Å². The minimum absolute atomic E-state index is 0.212. The number of carbonyl (C=O) groups excluding carboxylic acids is 1. The third-order valence-electron chi connectivity index (χ3n) is 3.89. The number of benzene rings is 1. The number of hydrogen-bond acceptors (Lipinski definition) is 4. The molecule has 0 saturated heterocycles. The van der Waals surface area contributed by atoms with Crippen LogP contribution in [0.25, 0.3) is 0 Å². The Morgan fingerprint density at radius 1 is 1.37 bits per heavy atom. The Balaban J connectivity index is 1.60. The lowest BCUT2D eigenvalue weighted by molar-refractivity contribution is 0.0747. The highest BCUT2D eigenvalue weighted by atomic mass is 79.9. The van der Waals surface area contributed by atoms with Gasteiger partial charge in [0.1, 0.15) is 18.1 Å². The average Bonchev–Trinajstić information content (AvgIpc) is 3.26. The first-order valence-corrected chi connectivity index (χ1v) is 9.57. The van der Waals surface area contributed by atoms with Gasteiger partial charge in [0.2, 0.25) is 0 Å². The summed E-state index contributed by atoms with van der Waals surface area (Å²) in [6.07, 6.45) is 1.89. The summed E-state index contributed by atoms with van der Waals surface area (Å²) in [5.74, 6) is 1.23. The summed E-state index contributed by atoms with van der Waals surface area (Å²) < 4.78 is 13.9. The molecule has 0 bridgehead atoms. The van der Waals surface area contributed by atoms with Crippen LogP contribution in [-0.4, -0.2) is 27.6 Å². The van der Waals surface area contributed by atoms with Crippen molar-refractivity contribution in [1.82, 2.24) is 14.7 Å². The van der Waals surface area contributed by atoms with E-state index in [-0.39, 0.29) is 18.3 Å². The molecule has 0 unspecified atom stereocenters. The number of furan rings is 1. The van der Waals surface area contributed by atoms with Crippen molar-refractivity contribution in [2.45, 2.75) is 26.6 Å². The number of hydrogen-bond donors (Lipinski definition) is 0. The van der Waals surface area contributed by atoms with Gasteiger partial charge in [0.15, 0.2) is 5.76 Å². The molecule has 1 amide bonds. The zero-order valence-corrected chi connectivity index (χ0v) is 17.3. The molecule has 0 radical (unpaired) electrons. The molecular formula is C19H19BrClN3O3. The Labute approximate surface area is 170 Å². The number of aryl methyl sites for hydroxylation is 1. The van der Waals surface area contributed by atoms with E-state index in [1.807, 2.05) is 29.9 Å². The van der Waals surface area contributed by atoms with Crippen LogP contribution in [0.1, 0.15) is 28.9 Å². The Hall–Kier alpha value is -2.25. The van der Waals surface area contributed by atoms with E-state index in [0.29, 0.717) is 23.1 Å². The Bertz CT molecular complexity index is 938. The van der Waals surface area contributed by atoms with Gasteiger partial charge in [-0.25, -0.2) is 0 Å². The second-order valence-electron chi connectivity index (χ2n) is 5.95. The van der Waals surface area contributed by atoms with Gasteiger partial charge < -0.3 is 14.1 Å². The van der Waals surface area contributed by atoms with Crippen molar-refractivity contribution < 1.29 is 13.9 Å². The molecule has 6 nitrogen and oxygen atoms in total. The molecule has 3 aromatic rings. The van der Waals surface area contributed by atoms with Crippen LogP contribution >= 0.6 is 27.5 Å². The Morgan fingerprint density at radius 2 is 2.19 bits per heavy atom. The van der Waals surface area contributed by atoms with Crippen LogP contribution < -0.4 is 4.74 Å². The molecule has 0 atom stereocenters. The van der Waals surface area contributed by atoms with E-state index in [2.05, 4.69) is 21.0 Å². The van der Waals surface area contributed by atoms with Gasteiger partial charge in [0, 0.05) is 24.8 Å². The standard InChI is InChI=1S/C19H19BrClN3O3/c1-3-24-10-16(20)17(22-24)11-23(2)19(25)18-8-7-15(27-18)12-26-14-6-4-5-13(21)9-14/h4-10H,3,11-12H2,1-2H3. The summed E-state index contributed by atoms with van der Waals surface area (Å²) in [6.45, 7) is 3.36. The number of rotatable bonds is 7. The van der Waals surface area contributed by atoms with Gasteiger partial charge in [-0.1, -0.05) is 17.7 Å². The second kappa shape index (κ2) is 8.63. The molecular weight excluding hydrogens is 434 g/mol. The van der Waals surface area contributed by atoms with Crippen molar-refractivity contribution in [2.24, 2.45) is 0 Å². The summed E-state index contributed by atoms with van der Waals surface area (Å²) in [4.78, 5) is 14.2. The number of ether oxygens (including phenoxy) is 1. The van der Waals surface area contributed by atoms with Gasteiger partial charge >= 0.3 is 0 Å². The summed E-state index contributed by atoms with van der Waals surface area (Å²) in [5, 5.41) is 5.03. The highest BCUT2D eigenvalue weighted by Crippen LogP contribution is 2.20. The quantitative estimate of drug-likeness (QED) is 0.518. The van der Waals surface area contributed by atoms with E-state index in [9.17, 15) is 4.79 Å². The van der Waals surface area contributed by atoms with E-state index in [1.165, 1.54) is 0 Å². The lowest BCUT2D eigenvalue weighted by Gasteiger charge is -2.14. The van der Waals surface area contributed by atoms with Crippen molar-refractivity contribution in [3.8, 4) is 5.75 Å². The summed E-state index contributed by atoms with van der Waals surface area (Å²) in [6, 6.07) is 10.5. The van der Waals surface area contributed by atoms with Crippen LogP contribution in [0, 0.1) is 0 Å². The van der Waals surface area contributed by atoms with Crippen LogP contribution in [0.4, 0.5) is 0 Å². The first kappa shape index (κ1) is 19.5. The molecule has 142 valence electrons. The fraction of sp³-hybridized carbons (Fsp3) is 0.263. The van der Waals surface area contributed by atoms with Gasteiger partial charge in [0.05, 0.1) is 16.7 Å². The molecule has 0 aliphatic heterocycles. The SMILES string of the molecule is CCn1cc(Br)c(CN(C)C(=O)c2ccc(COc3cccc(Cl)c3)o2)n1. The number of aromatic nitrogens is 2. The first-order chi connectivity index (χ1) is 13.0. The first-order valence-electron chi connectivity index (χ1n) is 8.40. The van der Waals surface area contributed by atoms with Gasteiger partial charge in [-0.05, 0) is 53.2 Å². The van der Waals surface area contributed by atoms with Crippen molar-refractivity contribution in [1.29, 1.82) is 0 Å². The van der Waals surface area contributed by atoms with E-state index in [4.69, 9.17) is 20.8 Å². The topological polar surface area (TPSA) is 60.5 Å². The zero-order valence-electron chi connectivity index (χ0n) is 15.0. The van der Waals surface area contributed by atoms with Crippen LogP contribution in [0.2, 0.25) is 5.02 Å². The van der Waals surface area contributed by atoms with E-state index in [0.717, 1.165) is 16.7 Å². The predicted octanol–water partition coefficient (Wildman–Crippen LogP) is 4.76. The van der Waals surface area contributed by atoms with Crippen LogP contribution in [0.3, 0.4) is 0 Å². The molecule has 8 heteroatoms. The van der Waals surface area contributed by atoms with Crippen molar-refractivity contribution in [2.75, 3.05) is 7.05 Å². The molecule has 0 aliphatic carbocycles. The molecule has 2 heterocycles. The molecule has 0 spiro atoms. The Morgan fingerprint density at radius 3 is 2.89 bits per heavy atom. The third-order valence-corrected chi connectivity index (χ3v) is 4.79. The average molecular weight is 453 g/mol. The smallest absolute Gasteiger partial charge is 0.289 e. The van der Waals surface area contributed by atoms with E-state index < -0.39 is 0 Å². The third kappa shape index (κ3) is 4.93. The summed E-state index contributed by atoms with van der Waals surface area (Å²) in [5.41, 5.74) is 0.795. The van der Waals surface area contributed by atoms with E-state index >= 15 is 0 Å². The summed E-state index contributed by atoms with van der Waals surface area (Å²) >= 11 is 9.40. The molecule has 3 rings (SSSR count). The largest absolute Gasteiger partial charge is 0.486 e. The van der Waals surface area contributed by atoms with Crippen LogP contribution in [0.5, 0.6) is 5.75 Å². The van der Waals surface area contributed by atoms with Crippen molar-refractivity contribution in [3.05, 3.63) is 69.3 Å². The minimum atomic E-state index is -0.220. The van der Waals surface area contributed by atoms with Crippen LogP contribution in [-0.2, 0) is 19.7 Å². The lowest BCUT2D eigenvalue weighted by atomic mass is 10.3. The highest BCUT2D eigenvalue weighted by Gasteiger charge is 2.19. The molecule has 0 N–H and O–H groups in total. The normalized spacial score (nSPS) is 10.8. The minimum Gasteiger partial charge on any atom is -0.486 e. The van der Waals surface area contributed by atoms with Gasteiger partial charge in [-0.3, -0.25) is 9.48 Å². The number of carbonyl (C=O) groups is 1. The predicted molar refractivity (Wildman–Crippen MR) is 106 cm³/mol. The van der Waals surface area contributed by atoms with Crippen molar-refractivity contribution in [3.63, 3.8) is 0 Å². The zero-order chi connectivity index (χ0) is 19.4. The lowest BCUT2D eigenvalue weighted by Crippen LogP contribution is -2.26. The van der Waals surface area contributed by atoms with E-state index in [1.54, 1.807) is 36.2 Å². The molecule has 1 aromatic carbocycles. The summed E-state index contributed by atoms with van der Waals surface area (Å²) in [7, 11) is 1.71. The van der Waals surface area contributed by atoms with Gasteiger partial charge in [-0.2, -0.15) is 5.10 Å². The maximum Gasteiger partial charge on any atom is 0.289 e. The fourth-order valence-corrected chi connectivity index (χ4v) is 3.09. The second-order valence-corrected chi connectivity index (χ2v) is 7.24. The molecule has 0 saturated carbocycles. The monoisotopic (exact) mass is 451 g/mol.